The standard InChI is InChI=1S/C15H24N2O/c1-10(2)12-5-7-13(8-6-12)14(16)9-17-15(18)11(3)4/h5-8,10-11,14H,9,16H2,1-4H3,(H,17,18). The highest BCUT2D eigenvalue weighted by molar-refractivity contribution is 5.77. The summed E-state index contributed by atoms with van der Waals surface area (Å²) in [5, 5.41) is 2.85. The molecule has 3 heteroatoms. The minimum Gasteiger partial charge on any atom is -0.354 e. The second-order valence-corrected chi connectivity index (χ2v) is 5.33. The van der Waals surface area contributed by atoms with Crippen molar-refractivity contribution in [2.45, 2.75) is 39.7 Å². The molecular weight excluding hydrogens is 224 g/mol. The third-order valence-electron chi connectivity index (χ3n) is 3.05. The molecule has 18 heavy (non-hydrogen) atoms. The molecule has 1 aromatic rings. The van der Waals surface area contributed by atoms with Crippen molar-refractivity contribution in [2.24, 2.45) is 11.7 Å². The van der Waals surface area contributed by atoms with Crippen molar-refractivity contribution in [3.8, 4) is 0 Å². The van der Waals surface area contributed by atoms with Crippen LogP contribution in [0.25, 0.3) is 0 Å². The number of amides is 1. The Kier molecular flexibility index (Phi) is 5.35. The quantitative estimate of drug-likeness (QED) is 0.841. The predicted molar refractivity (Wildman–Crippen MR) is 75.3 cm³/mol. The molecular formula is C15H24N2O. The van der Waals surface area contributed by atoms with Gasteiger partial charge in [-0.3, -0.25) is 4.79 Å². The number of benzene rings is 1. The molecule has 0 aliphatic carbocycles. The maximum absolute atomic E-state index is 11.5. The van der Waals surface area contributed by atoms with Gasteiger partial charge in [0.2, 0.25) is 5.91 Å². The van der Waals surface area contributed by atoms with Gasteiger partial charge in [0, 0.05) is 18.5 Å². The summed E-state index contributed by atoms with van der Waals surface area (Å²) >= 11 is 0. The fourth-order valence-corrected chi connectivity index (χ4v) is 1.66. The molecule has 0 aliphatic heterocycles. The Morgan fingerprint density at radius 2 is 1.61 bits per heavy atom. The van der Waals surface area contributed by atoms with Gasteiger partial charge in [0.1, 0.15) is 0 Å². The molecule has 0 saturated carbocycles. The first kappa shape index (κ1) is 14.7. The first-order valence-electron chi connectivity index (χ1n) is 6.55. The Morgan fingerprint density at radius 1 is 1.11 bits per heavy atom. The Balaban J connectivity index is 2.56. The summed E-state index contributed by atoms with van der Waals surface area (Å²) in [6.45, 7) is 8.56. The average Bonchev–Trinajstić information content (AvgIpc) is 2.35. The van der Waals surface area contributed by atoms with Crippen molar-refractivity contribution in [1.29, 1.82) is 0 Å². The van der Waals surface area contributed by atoms with E-state index in [1.807, 2.05) is 26.0 Å². The average molecular weight is 248 g/mol. The van der Waals surface area contributed by atoms with Crippen molar-refractivity contribution in [1.82, 2.24) is 5.32 Å². The minimum absolute atomic E-state index is 0.000479. The summed E-state index contributed by atoms with van der Waals surface area (Å²) in [5.74, 6) is 0.570. The maximum Gasteiger partial charge on any atom is 0.222 e. The molecule has 0 aromatic heterocycles. The van der Waals surface area contributed by atoms with Gasteiger partial charge in [-0.05, 0) is 17.0 Å². The fraction of sp³-hybridized carbons (Fsp3) is 0.533. The van der Waals surface area contributed by atoms with Gasteiger partial charge < -0.3 is 11.1 Å². The predicted octanol–water partition coefficient (Wildman–Crippen LogP) is 2.58. The molecule has 0 fully saturated rings. The van der Waals surface area contributed by atoms with Crippen LogP contribution >= 0.6 is 0 Å². The van der Waals surface area contributed by atoms with Crippen LogP contribution in [0.15, 0.2) is 24.3 Å². The molecule has 0 radical (unpaired) electrons. The largest absolute Gasteiger partial charge is 0.354 e. The third-order valence-corrected chi connectivity index (χ3v) is 3.05. The SMILES string of the molecule is CC(C)C(=O)NCC(N)c1ccc(C(C)C)cc1. The van der Waals surface area contributed by atoms with Crippen LogP contribution in [-0.4, -0.2) is 12.5 Å². The van der Waals surface area contributed by atoms with Crippen LogP contribution in [-0.2, 0) is 4.79 Å². The zero-order valence-electron chi connectivity index (χ0n) is 11.7. The highest BCUT2D eigenvalue weighted by Crippen LogP contribution is 2.17. The van der Waals surface area contributed by atoms with Gasteiger partial charge in [0.15, 0.2) is 0 Å². The first-order chi connectivity index (χ1) is 8.41. The van der Waals surface area contributed by atoms with E-state index in [1.165, 1.54) is 5.56 Å². The zero-order valence-corrected chi connectivity index (χ0v) is 11.7. The van der Waals surface area contributed by atoms with E-state index in [9.17, 15) is 4.79 Å². The summed E-state index contributed by atoms with van der Waals surface area (Å²) in [6, 6.07) is 8.14. The smallest absolute Gasteiger partial charge is 0.222 e. The fourth-order valence-electron chi connectivity index (χ4n) is 1.66. The molecule has 1 atom stereocenters. The molecule has 0 spiro atoms. The van der Waals surface area contributed by atoms with E-state index < -0.39 is 0 Å². The summed E-state index contributed by atoms with van der Waals surface area (Å²) in [5.41, 5.74) is 8.42. The topological polar surface area (TPSA) is 55.1 Å². The van der Waals surface area contributed by atoms with Crippen molar-refractivity contribution in [3.63, 3.8) is 0 Å². The lowest BCUT2D eigenvalue weighted by molar-refractivity contribution is -0.124. The van der Waals surface area contributed by atoms with Crippen LogP contribution in [0.4, 0.5) is 0 Å². The number of nitrogens with two attached hydrogens (primary N) is 1. The van der Waals surface area contributed by atoms with Gasteiger partial charge in [0.25, 0.3) is 0 Å². The van der Waals surface area contributed by atoms with Gasteiger partial charge in [-0.2, -0.15) is 0 Å². The second-order valence-electron chi connectivity index (χ2n) is 5.33. The zero-order chi connectivity index (χ0) is 13.7. The van der Waals surface area contributed by atoms with E-state index in [1.54, 1.807) is 0 Å². The van der Waals surface area contributed by atoms with Crippen molar-refractivity contribution >= 4 is 5.91 Å². The van der Waals surface area contributed by atoms with Crippen LogP contribution in [0.5, 0.6) is 0 Å². The molecule has 0 bridgehead atoms. The Labute approximate surface area is 110 Å². The van der Waals surface area contributed by atoms with Gasteiger partial charge in [-0.25, -0.2) is 0 Å². The molecule has 0 aliphatic rings. The molecule has 3 nitrogen and oxygen atoms in total. The van der Waals surface area contributed by atoms with E-state index in [0.717, 1.165) is 5.56 Å². The summed E-state index contributed by atoms with van der Waals surface area (Å²) in [7, 11) is 0. The van der Waals surface area contributed by atoms with E-state index in [2.05, 4.69) is 31.3 Å². The van der Waals surface area contributed by atoms with Crippen molar-refractivity contribution in [3.05, 3.63) is 35.4 Å². The lowest BCUT2D eigenvalue weighted by atomic mass is 9.99. The number of carbonyl (C=O) groups is 1. The lowest BCUT2D eigenvalue weighted by Gasteiger charge is -2.15. The molecule has 0 saturated heterocycles. The van der Waals surface area contributed by atoms with Gasteiger partial charge in [0.05, 0.1) is 0 Å². The van der Waals surface area contributed by atoms with Crippen LogP contribution < -0.4 is 11.1 Å². The van der Waals surface area contributed by atoms with Gasteiger partial charge in [-0.15, -0.1) is 0 Å². The highest BCUT2D eigenvalue weighted by Gasteiger charge is 2.10. The van der Waals surface area contributed by atoms with E-state index in [-0.39, 0.29) is 17.9 Å². The van der Waals surface area contributed by atoms with Crippen LogP contribution in [0.3, 0.4) is 0 Å². The molecule has 3 N–H and O–H groups in total. The van der Waals surface area contributed by atoms with Crippen LogP contribution in [0.1, 0.15) is 50.8 Å². The second kappa shape index (κ2) is 6.55. The molecule has 100 valence electrons. The summed E-state index contributed by atoms with van der Waals surface area (Å²) < 4.78 is 0. The van der Waals surface area contributed by atoms with E-state index in [0.29, 0.717) is 12.5 Å². The van der Waals surface area contributed by atoms with Crippen molar-refractivity contribution < 1.29 is 4.79 Å². The number of carbonyl (C=O) groups excluding carboxylic acids is 1. The minimum atomic E-state index is -0.145. The Morgan fingerprint density at radius 3 is 2.06 bits per heavy atom. The molecule has 1 unspecified atom stereocenters. The van der Waals surface area contributed by atoms with Crippen LogP contribution in [0, 0.1) is 5.92 Å². The molecule has 0 heterocycles. The normalized spacial score (nSPS) is 12.8. The number of nitrogens with one attached hydrogen (secondary N) is 1. The molecule has 1 amide bonds. The summed E-state index contributed by atoms with van der Waals surface area (Å²) in [6.07, 6.45) is 0. The third kappa shape index (κ3) is 4.15. The monoisotopic (exact) mass is 248 g/mol. The number of hydrogen-bond acceptors (Lipinski definition) is 2. The highest BCUT2D eigenvalue weighted by atomic mass is 16.1. The molecule has 1 aromatic carbocycles. The Hall–Kier alpha value is -1.35. The van der Waals surface area contributed by atoms with Crippen LogP contribution in [0.2, 0.25) is 0 Å². The van der Waals surface area contributed by atoms with E-state index in [4.69, 9.17) is 5.73 Å². The van der Waals surface area contributed by atoms with Gasteiger partial charge in [-0.1, -0.05) is 52.0 Å². The molecule has 1 rings (SSSR count). The Bertz CT molecular complexity index is 382. The lowest BCUT2D eigenvalue weighted by Crippen LogP contribution is -2.34. The summed E-state index contributed by atoms with van der Waals surface area (Å²) in [4.78, 5) is 11.5. The maximum atomic E-state index is 11.5. The van der Waals surface area contributed by atoms with E-state index >= 15 is 0 Å². The first-order valence-corrected chi connectivity index (χ1v) is 6.55. The van der Waals surface area contributed by atoms with Gasteiger partial charge >= 0.3 is 0 Å². The number of hydrogen-bond donors (Lipinski definition) is 2. The van der Waals surface area contributed by atoms with Crippen molar-refractivity contribution in [2.75, 3.05) is 6.54 Å². The number of rotatable bonds is 5.